The second-order valence-electron chi connectivity index (χ2n) is 8.23. The summed E-state index contributed by atoms with van der Waals surface area (Å²) in [6.07, 6.45) is 2.22. The number of rotatable bonds is 8. The lowest BCUT2D eigenvalue weighted by atomic mass is 10.2. The Bertz CT molecular complexity index is 1380. The number of carbonyl (C=O) groups excluding carboxylic acids is 1. The van der Waals surface area contributed by atoms with E-state index >= 15 is 0 Å². The first-order chi connectivity index (χ1) is 16.6. The van der Waals surface area contributed by atoms with Gasteiger partial charge in [-0.2, -0.15) is 0 Å². The van der Waals surface area contributed by atoms with Crippen molar-refractivity contribution in [3.05, 3.63) is 70.3 Å². The van der Waals surface area contributed by atoms with Gasteiger partial charge in [-0.05, 0) is 36.6 Å². The molecule has 0 radical (unpaired) electrons. The number of nitrogens with one attached hydrogen (secondary N) is 1. The number of fused-ring (bicyclic) bond motifs is 3. The van der Waals surface area contributed by atoms with Crippen LogP contribution >= 0.6 is 23.1 Å². The molecule has 9 heteroatoms. The van der Waals surface area contributed by atoms with E-state index < -0.39 is 0 Å². The van der Waals surface area contributed by atoms with Crippen molar-refractivity contribution in [2.45, 2.75) is 42.8 Å². The summed E-state index contributed by atoms with van der Waals surface area (Å²) in [6, 6.07) is 14.1. The summed E-state index contributed by atoms with van der Waals surface area (Å²) in [7, 11) is 0. The fourth-order valence-corrected chi connectivity index (χ4v) is 6.09. The molecular weight excluding hydrogens is 473 g/mol. The summed E-state index contributed by atoms with van der Waals surface area (Å²) in [5, 5.41) is 4.42. The lowest BCUT2D eigenvalue weighted by Gasteiger charge is -2.13. The van der Waals surface area contributed by atoms with E-state index in [-0.39, 0.29) is 36.4 Å². The largest absolute Gasteiger partial charge is 0.376 e. The SMILES string of the molecule is O=C(CCn1c(SCc2ccc(F)cc2)nc2c(sc3ccccc32)c1=O)NC[C@@H]1CCCO1. The molecule has 1 N–H and O–H groups in total. The van der Waals surface area contributed by atoms with Crippen LogP contribution in [0.4, 0.5) is 4.39 Å². The number of nitrogens with zero attached hydrogens (tertiary/aromatic N) is 2. The molecule has 0 unspecified atom stereocenters. The Balaban J connectivity index is 1.41. The van der Waals surface area contributed by atoms with Crippen molar-refractivity contribution in [3.8, 4) is 0 Å². The zero-order valence-electron chi connectivity index (χ0n) is 18.5. The molecule has 4 aromatic rings. The van der Waals surface area contributed by atoms with E-state index in [1.165, 1.54) is 35.2 Å². The van der Waals surface area contributed by atoms with Crippen molar-refractivity contribution < 1.29 is 13.9 Å². The first kappa shape index (κ1) is 23.0. The Morgan fingerprint density at radius 2 is 2.06 bits per heavy atom. The number of thiophene rings is 1. The van der Waals surface area contributed by atoms with Gasteiger partial charge in [0, 0.05) is 42.0 Å². The smallest absolute Gasteiger partial charge is 0.272 e. The van der Waals surface area contributed by atoms with Crippen LogP contribution in [0.2, 0.25) is 0 Å². The summed E-state index contributed by atoms with van der Waals surface area (Å²) < 4.78 is 22.0. The van der Waals surface area contributed by atoms with E-state index in [4.69, 9.17) is 9.72 Å². The Morgan fingerprint density at radius 3 is 2.85 bits per heavy atom. The quantitative estimate of drug-likeness (QED) is 0.282. The van der Waals surface area contributed by atoms with Crippen molar-refractivity contribution >= 4 is 49.3 Å². The third-order valence-corrected chi connectivity index (χ3v) is 8.04. The highest BCUT2D eigenvalue weighted by Crippen LogP contribution is 2.32. The molecule has 0 spiro atoms. The van der Waals surface area contributed by atoms with Gasteiger partial charge in [0.1, 0.15) is 10.5 Å². The maximum Gasteiger partial charge on any atom is 0.272 e. The molecule has 1 fully saturated rings. The molecule has 0 saturated carbocycles. The van der Waals surface area contributed by atoms with Gasteiger partial charge in [0.15, 0.2) is 5.16 Å². The van der Waals surface area contributed by atoms with Crippen molar-refractivity contribution in [2.75, 3.05) is 13.2 Å². The van der Waals surface area contributed by atoms with Crippen LogP contribution < -0.4 is 10.9 Å². The van der Waals surface area contributed by atoms with E-state index in [9.17, 15) is 14.0 Å². The molecule has 1 aliphatic rings. The average Bonchev–Trinajstić information content (AvgIpc) is 3.50. The van der Waals surface area contributed by atoms with E-state index in [0.717, 1.165) is 35.1 Å². The highest BCUT2D eigenvalue weighted by Gasteiger charge is 2.19. The molecule has 1 saturated heterocycles. The predicted octanol–water partition coefficient (Wildman–Crippen LogP) is 4.73. The normalized spacial score (nSPS) is 15.9. The number of aromatic nitrogens is 2. The Hall–Kier alpha value is -2.75. The number of thioether (sulfide) groups is 1. The van der Waals surface area contributed by atoms with Gasteiger partial charge in [0.25, 0.3) is 5.56 Å². The molecule has 1 aliphatic heterocycles. The molecule has 34 heavy (non-hydrogen) atoms. The number of carbonyl (C=O) groups is 1. The van der Waals surface area contributed by atoms with Gasteiger partial charge in [0.05, 0.1) is 11.6 Å². The maximum absolute atomic E-state index is 13.5. The van der Waals surface area contributed by atoms with E-state index in [2.05, 4.69) is 5.32 Å². The number of hydrogen-bond acceptors (Lipinski definition) is 6. The zero-order valence-corrected chi connectivity index (χ0v) is 20.1. The van der Waals surface area contributed by atoms with Crippen LogP contribution in [0.15, 0.2) is 58.5 Å². The van der Waals surface area contributed by atoms with E-state index in [1.54, 1.807) is 16.7 Å². The van der Waals surface area contributed by atoms with Crippen LogP contribution in [-0.2, 0) is 21.8 Å². The van der Waals surface area contributed by atoms with Crippen molar-refractivity contribution in [1.82, 2.24) is 14.9 Å². The minimum absolute atomic E-state index is 0.0741. The molecule has 2 aromatic heterocycles. The molecule has 6 nitrogen and oxygen atoms in total. The van der Waals surface area contributed by atoms with Crippen LogP contribution in [0.5, 0.6) is 0 Å². The van der Waals surface area contributed by atoms with E-state index in [0.29, 0.717) is 27.7 Å². The standard InChI is InChI=1S/C25H24FN3O3S2/c26-17-9-7-16(8-10-17)15-33-25-28-22-19-5-1-2-6-20(19)34-23(22)24(31)29(25)12-11-21(30)27-14-18-4-3-13-32-18/h1-2,5-10,18H,3-4,11-15H2,(H,27,30)/t18-/m0/s1. The van der Waals surface area contributed by atoms with Gasteiger partial charge in [0.2, 0.25) is 5.91 Å². The zero-order chi connectivity index (χ0) is 23.5. The van der Waals surface area contributed by atoms with Crippen molar-refractivity contribution in [2.24, 2.45) is 0 Å². The van der Waals surface area contributed by atoms with Crippen LogP contribution in [0.1, 0.15) is 24.8 Å². The van der Waals surface area contributed by atoms with Crippen LogP contribution in [-0.4, -0.2) is 34.7 Å². The molecule has 0 bridgehead atoms. The highest BCUT2D eigenvalue weighted by molar-refractivity contribution is 7.98. The number of benzene rings is 2. The molecule has 0 aliphatic carbocycles. The number of amides is 1. The second kappa shape index (κ2) is 10.2. The van der Waals surface area contributed by atoms with Crippen molar-refractivity contribution in [1.29, 1.82) is 0 Å². The van der Waals surface area contributed by atoms with Crippen LogP contribution in [0.3, 0.4) is 0 Å². The first-order valence-corrected chi connectivity index (χ1v) is 13.1. The third-order valence-electron chi connectivity index (χ3n) is 5.84. The van der Waals surface area contributed by atoms with Gasteiger partial charge in [-0.25, -0.2) is 9.37 Å². The first-order valence-electron chi connectivity index (χ1n) is 11.3. The summed E-state index contributed by atoms with van der Waals surface area (Å²) in [5.74, 6) is 0.128. The van der Waals surface area contributed by atoms with Gasteiger partial charge < -0.3 is 10.1 Å². The number of halogens is 1. The summed E-state index contributed by atoms with van der Waals surface area (Å²) >= 11 is 2.84. The summed E-state index contributed by atoms with van der Waals surface area (Å²) in [4.78, 5) is 30.8. The average molecular weight is 498 g/mol. The molecule has 1 amide bonds. The minimum Gasteiger partial charge on any atom is -0.376 e. The number of ether oxygens (including phenoxy) is 1. The molecular formula is C25H24FN3O3S2. The molecule has 1 atom stereocenters. The van der Waals surface area contributed by atoms with Crippen LogP contribution in [0.25, 0.3) is 20.3 Å². The van der Waals surface area contributed by atoms with Gasteiger partial charge in [-0.1, -0.05) is 42.1 Å². The Kier molecular flexibility index (Phi) is 6.94. The Morgan fingerprint density at radius 1 is 1.24 bits per heavy atom. The highest BCUT2D eigenvalue weighted by atomic mass is 32.2. The van der Waals surface area contributed by atoms with Gasteiger partial charge in [-0.3, -0.25) is 14.2 Å². The molecule has 5 rings (SSSR count). The molecule has 2 aromatic carbocycles. The lowest BCUT2D eigenvalue weighted by molar-refractivity contribution is -0.121. The monoisotopic (exact) mass is 497 g/mol. The predicted molar refractivity (Wildman–Crippen MR) is 134 cm³/mol. The number of hydrogen-bond donors (Lipinski definition) is 1. The molecule has 176 valence electrons. The summed E-state index contributed by atoms with van der Waals surface area (Å²) in [6.45, 7) is 1.47. The topological polar surface area (TPSA) is 73.2 Å². The fourth-order valence-electron chi connectivity index (χ4n) is 4.02. The van der Waals surface area contributed by atoms with Crippen molar-refractivity contribution in [3.63, 3.8) is 0 Å². The summed E-state index contributed by atoms with van der Waals surface area (Å²) in [5.41, 5.74) is 1.47. The maximum atomic E-state index is 13.5. The third kappa shape index (κ3) is 5.01. The molecule has 3 heterocycles. The fraction of sp³-hybridized carbons (Fsp3) is 0.320. The second-order valence-corrected chi connectivity index (χ2v) is 10.2. The van der Waals surface area contributed by atoms with Gasteiger partial charge >= 0.3 is 0 Å². The van der Waals surface area contributed by atoms with E-state index in [1.807, 2.05) is 24.3 Å². The lowest BCUT2D eigenvalue weighted by Crippen LogP contribution is -2.33. The Labute approximate surface area is 204 Å². The van der Waals surface area contributed by atoms with Gasteiger partial charge in [-0.15, -0.1) is 11.3 Å². The van der Waals surface area contributed by atoms with Crippen LogP contribution in [0, 0.1) is 5.82 Å². The minimum atomic E-state index is -0.288.